The van der Waals surface area contributed by atoms with Gasteiger partial charge in [-0.2, -0.15) is 0 Å². The lowest BCUT2D eigenvalue weighted by atomic mass is 9.98. The topological polar surface area (TPSA) is 25.8 Å². The van der Waals surface area contributed by atoms with Gasteiger partial charge >= 0.3 is 0 Å². The minimum atomic E-state index is -0.906. The van der Waals surface area contributed by atoms with E-state index in [-0.39, 0.29) is 5.56 Å². The minimum Gasteiger partial charge on any atom is -0.233 e. The molecule has 0 atom stereocenters. The van der Waals surface area contributed by atoms with Crippen LogP contribution in [0.2, 0.25) is 0 Å². The van der Waals surface area contributed by atoms with Crippen LogP contribution in [0.15, 0.2) is 66.7 Å². The molecule has 0 aliphatic heterocycles. The van der Waals surface area contributed by atoms with Crippen LogP contribution in [-0.2, 0) is 0 Å². The van der Waals surface area contributed by atoms with Gasteiger partial charge < -0.3 is 0 Å². The fourth-order valence-electron chi connectivity index (χ4n) is 3.01. The van der Waals surface area contributed by atoms with E-state index in [9.17, 15) is 8.78 Å². The van der Waals surface area contributed by atoms with Gasteiger partial charge in [-0.15, -0.1) is 0 Å². The van der Waals surface area contributed by atoms with Crippen molar-refractivity contribution in [1.82, 2.24) is 9.97 Å². The highest BCUT2D eigenvalue weighted by Gasteiger charge is 2.20. The molecular weight excluding hydrogens is 318 g/mol. The van der Waals surface area contributed by atoms with E-state index in [4.69, 9.17) is 0 Å². The summed E-state index contributed by atoms with van der Waals surface area (Å²) in [7, 11) is 0. The van der Waals surface area contributed by atoms with Crippen LogP contribution in [-0.4, -0.2) is 9.97 Å². The number of nitrogens with zero attached hydrogens (tertiary/aromatic N) is 2. The molecule has 2 nitrogen and oxygen atoms in total. The quantitative estimate of drug-likeness (QED) is 0.481. The van der Waals surface area contributed by atoms with Gasteiger partial charge in [0.25, 0.3) is 0 Å². The van der Waals surface area contributed by atoms with Crippen LogP contribution in [0.3, 0.4) is 0 Å². The lowest BCUT2D eigenvalue weighted by Gasteiger charge is -2.13. The first-order valence-corrected chi connectivity index (χ1v) is 7.92. The minimum absolute atomic E-state index is 0.165. The number of rotatable bonds is 2. The standard InChI is InChI=1S/C21H14F2N2/c1-13-24-20(15-10-6-3-7-11-15)16-12-17(22)19(23)18(21(16)25-13)14-8-4-2-5-9-14/h2-12H,1H3. The molecule has 0 N–H and O–H groups in total. The van der Waals surface area contributed by atoms with Crippen LogP contribution < -0.4 is 0 Å². The van der Waals surface area contributed by atoms with Gasteiger partial charge in [-0.05, 0) is 18.6 Å². The van der Waals surface area contributed by atoms with E-state index in [2.05, 4.69) is 9.97 Å². The summed E-state index contributed by atoms with van der Waals surface area (Å²) in [6.45, 7) is 1.75. The molecule has 0 spiro atoms. The maximum Gasteiger partial charge on any atom is 0.168 e. The molecule has 0 saturated heterocycles. The maximum atomic E-state index is 14.6. The highest BCUT2D eigenvalue weighted by atomic mass is 19.2. The Balaban J connectivity index is 2.14. The van der Waals surface area contributed by atoms with Crippen LogP contribution >= 0.6 is 0 Å². The molecule has 4 heteroatoms. The summed E-state index contributed by atoms with van der Waals surface area (Å²) in [6.07, 6.45) is 0. The van der Waals surface area contributed by atoms with Crippen molar-refractivity contribution in [1.29, 1.82) is 0 Å². The molecule has 25 heavy (non-hydrogen) atoms. The Labute approximate surface area is 143 Å². The van der Waals surface area contributed by atoms with Crippen molar-refractivity contribution >= 4 is 10.9 Å². The lowest BCUT2D eigenvalue weighted by Crippen LogP contribution is -2.00. The van der Waals surface area contributed by atoms with Crippen molar-refractivity contribution < 1.29 is 8.78 Å². The summed E-state index contributed by atoms with van der Waals surface area (Å²) in [5, 5.41) is 0.495. The molecule has 1 aromatic heterocycles. The SMILES string of the molecule is Cc1nc(-c2ccccc2)c2cc(F)c(F)c(-c3ccccc3)c2n1. The largest absolute Gasteiger partial charge is 0.233 e. The number of halogens is 2. The molecule has 0 aliphatic rings. The summed E-state index contributed by atoms with van der Waals surface area (Å²) in [4.78, 5) is 8.90. The molecule has 122 valence electrons. The van der Waals surface area contributed by atoms with Gasteiger partial charge in [0.05, 0.1) is 11.2 Å². The molecule has 1 heterocycles. The smallest absolute Gasteiger partial charge is 0.168 e. The molecule has 0 amide bonds. The molecule has 4 rings (SSSR count). The first kappa shape index (κ1) is 15.4. The Morgan fingerprint density at radius 3 is 2.00 bits per heavy atom. The zero-order valence-electron chi connectivity index (χ0n) is 13.5. The highest BCUT2D eigenvalue weighted by molar-refractivity contribution is 6.01. The van der Waals surface area contributed by atoms with Crippen molar-refractivity contribution in [2.24, 2.45) is 0 Å². The van der Waals surface area contributed by atoms with Crippen molar-refractivity contribution in [2.45, 2.75) is 6.92 Å². The van der Waals surface area contributed by atoms with Gasteiger partial charge in [-0.1, -0.05) is 60.7 Å². The fraction of sp³-hybridized carbons (Fsp3) is 0.0476. The van der Waals surface area contributed by atoms with Gasteiger partial charge in [0.15, 0.2) is 11.6 Å². The van der Waals surface area contributed by atoms with E-state index in [0.717, 1.165) is 5.56 Å². The normalized spacial score (nSPS) is 11.0. The number of aromatic nitrogens is 2. The first-order chi connectivity index (χ1) is 12.1. The van der Waals surface area contributed by atoms with Gasteiger partial charge in [-0.3, -0.25) is 0 Å². The Morgan fingerprint density at radius 2 is 1.36 bits per heavy atom. The summed E-state index contributed by atoms with van der Waals surface area (Å²) in [5.74, 6) is -1.29. The first-order valence-electron chi connectivity index (χ1n) is 7.92. The third-order valence-electron chi connectivity index (χ3n) is 4.10. The average molecular weight is 332 g/mol. The van der Waals surface area contributed by atoms with Gasteiger partial charge in [0, 0.05) is 16.5 Å². The van der Waals surface area contributed by atoms with Crippen molar-refractivity contribution in [3.05, 3.63) is 84.2 Å². The second-order valence-electron chi connectivity index (χ2n) is 5.80. The van der Waals surface area contributed by atoms with Gasteiger partial charge in [0.1, 0.15) is 5.82 Å². The lowest BCUT2D eigenvalue weighted by molar-refractivity contribution is 0.513. The van der Waals surface area contributed by atoms with Crippen LogP contribution in [0.5, 0.6) is 0 Å². The molecule has 0 radical (unpaired) electrons. The Kier molecular flexibility index (Phi) is 3.73. The highest BCUT2D eigenvalue weighted by Crippen LogP contribution is 2.35. The molecule has 0 unspecified atom stereocenters. The fourth-order valence-corrected chi connectivity index (χ4v) is 3.01. The summed E-state index contributed by atoms with van der Waals surface area (Å²) >= 11 is 0. The van der Waals surface area contributed by atoms with Crippen LogP contribution in [0, 0.1) is 18.6 Å². The molecule has 4 aromatic rings. The Hall–Kier alpha value is -3.14. The third kappa shape index (κ3) is 2.66. The average Bonchev–Trinajstić information content (AvgIpc) is 2.64. The number of hydrogen-bond acceptors (Lipinski definition) is 2. The Bertz CT molecular complexity index is 1060. The molecule has 0 bridgehead atoms. The predicted octanol–water partition coefficient (Wildman–Crippen LogP) is 5.55. The van der Waals surface area contributed by atoms with Crippen molar-refractivity contribution in [3.8, 4) is 22.4 Å². The van der Waals surface area contributed by atoms with Crippen molar-refractivity contribution in [3.63, 3.8) is 0 Å². The van der Waals surface area contributed by atoms with E-state index >= 15 is 0 Å². The second kappa shape index (κ2) is 6.06. The number of aryl methyl sites for hydroxylation is 1. The van der Waals surface area contributed by atoms with Gasteiger partial charge in [0.2, 0.25) is 0 Å². The molecule has 0 saturated carbocycles. The number of fused-ring (bicyclic) bond motifs is 1. The number of benzene rings is 3. The van der Waals surface area contributed by atoms with E-state index in [1.165, 1.54) is 6.07 Å². The van der Waals surface area contributed by atoms with Gasteiger partial charge in [-0.25, -0.2) is 18.7 Å². The van der Waals surface area contributed by atoms with E-state index in [1.807, 2.05) is 36.4 Å². The molecule has 0 fully saturated rings. The summed E-state index contributed by atoms with van der Waals surface area (Å²) < 4.78 is 29.0. The van der Waals surface area contributed by atoms with E-state index in [1.54, 1.807) is 31.2 Å². The maximum absolute atomic E-state index is 14.6. The van der Waals surface area contributed by atoms with Crippen LogP contribution in [0.25, 0.3) is 33.3 Å². The summed E-state index contributed by atoms with van der Waals surface area (Å²) in [5.41, 5.74) is 2.60. The van der Waals surface area contributed by atoms with E-state index in [0.29, 0.717) is 28.0 Å². The Morgan fingerprint density at radius 1 is 0.760 bits per heavy atom. The zero-order chi connectivity index (χ0) is 17.4. The third-order valence-corrected chi connectivity index (χ3v) is 4.10. The van der Waals surface area contributed by atoms with Crippen molar-refractivity contribution in [2.75, 3.05) is 0 Å². The molecular formula is C21H14F2N2. The zero-order valence-corrected chi connectivity index (χ0v) is 13.5. The van der Waals surface area contributed by atoms with Crippen LogP contribution in [0.4, 0.5) is 8.78 Å². The monoisotopic (exact) mass is 332 g/mol. The van der Waals surface area contributed by atoms with Crippen LogP contribution in [0.1, 0.15) is 5.82 Å². The molecule has 3 aromatic carbocycles. The predicted molar refractivity (Wildman–Crippen MR) is 95.1 cm³/mol. The number of hydrogen-bond donors (Lipinski definition) is 0. The molecule has 0 aliphatic carbocycles. The summed E-state index contributed by atoms with van der Waals surface area (Å²) in [6, 6.07) is 19.5. The van der Waals surface area contributed by atoms with E-state index < -0.39 is 11.6 Å². The second-order valence-corrected chi connectivity index (χ2v) is 5.80.